The lowest BCUT2D eigenvalue weighted by molar-refractivity contribution is -0.933. The molecule has 0 saturated heterocycles. The van der Waals surface area contributed by atoms with Crippen molar-refractivity contribution in [2.24, 2.45) is 0 Å². The second-order valence-electron chi connectivity index (χ2n) is 5.18. The van der Waals surface area contributed by atoms with E-state index in [-0.39, 0.29) is 5.91 Å². The minimum absolute atomic E-state index is 0.288. The van der Waals surface area contributed by atoms with E-state index in [0.717, 1.165) is 23.6 Å². The van der Waals surface area contributed by atoms with Crippen LogP contribution in [0.2, 0.25) is 0 Å². The number of carbonyl (C=O) groups is 2. The van der Waals surface area contributed by atoms with Crippen molar-refractivity contribution < 1.29 is 14.5 Å². The van der Waals surface area contributed by atoms with E-state index in [4.69, 9.17) is 0 Å². The average molecular weight is 332 g/mol. The van der Waals surface area contributed by atoms with E-state index in [2.05, 4.69) is 16.7 Å². The van der Waals surface area contributed by atoms with Crippen LogP contribution in [0.25, 0.3) is 0 Å². The number of amides is 3. The summed E-state index contributed by atoms with van der Waals surface area (Å²) in [7, 11) is 1.50. The zero-order valence-electron chi connectivity index (χ0n) is 13.3. The molecule has 23 heavy (non-hydrogen) atoms. The van der Waals surface area contributed by atoms with Crippen molar-refractivity contribution in [2.45, 2.75) is 19.5 Å². The first kappa shape index (κ1) is 17.2. The van der Waals surface area contributed by atoms with Crippen molar-refractivity contribution in [1.82, 2.24) is 10.6 Å². The van der Waals surface area contributed by atoms with Gasteiger partial charge in [-0.2, -0.15) is 0 Å². The number of thiophene rings is 1. The van der Waals surface area contributed by atoms with Gasteiger partial charge >= 0.3 is 6.03 Å². The monoisotopic (exact) mass is 332 g/mol. The van der Waals surface area contributed by atoms with Crippen LogP contribution in [-0.4, -0.2) is 25.5 Å². The zero-order valence-corrected chi connectivity index (χ0v) is 14.2. The summed E-state index contributed by atoms with van der Waals surface area (Å²) in [5.74, 6) is -0.288. The summed E-state index contributed by atoms with van der Waals surface area (Å²) in [5.41, 5.74) is 0.905. The molecule has 0 bridgehead atoms. The molecule has 5 nitrogen and oxygen atoms in total. The number of quaternary nitrogens is 1. The van der Waals surface area contributed by atoms with Crippen LogP contribution in [0.4, 0.5) is 4.79 Å². The van der Waals surface area contributed by atoms with Crippen molar-refractivity contribution in [3.63, 3.8) is 0 Å². The molecule has 0 radical (unpaired) electrons. The van der Waals surface area contributed by atoms with E-state index in [1.807, 2.05) is 48.7 Å². The molecule has 0 saturated carbocycles. The SMILES string of the molecule is CC[NH+](Cc1cccs1)[C@H](C(=O)NC(=O)NC)c1ccccc1. The van der Waals surface area contributed by atoms with Crippen LogP contribution >= 0.6 is 11.3 Å². The van der Waals surface area contributed by atoms with Crippen LogP contribution in [0.15, 0.2) is 47.8 Å². The Kier molecular flexibility index (Phi) is 6.31. The standard InChI is InChI=1S/C17H21N3O2S/c1-3-20(12-14-10-7-11-23-14)15(13-8-5-4-6-9-13)16(21)19-17(22)18-2/h4-11,15H,3,12H2,1-2H3,(H2,18,19,21,22)/p+1/t15-/m0/s1. The van der Waals surface area contributed by atoms with Crippen LogP contribution in [0.3, 0.4) is 0 Å². The van der Waals surface area contributed by atoms with Gasteiger partial charge in [-0.3, -0.25) is 10.1 Å². The molecule has 122 valence electrons. The number of nitrogens with one attached hydrogen (secondary N) is 3. The number of rotatable bonds is 6. The molecular formula is C17H22N3O2S+. The van der Waals surface area contributed by atoms with Crippen molar-refractivity contribution >= 4 is 23.3 Å². The number of imide groups is 1. The Morgan fingerprint density at radius 3 is 2.48 bits per heavy atom. The van der Waals surface area contributed by atoms with Gasteiger partial charge in [-0.15, -0.1) is 11.3 Å². The minimum atomic E-state index is -0.484. The first-order chi connectivity index (χ1) is 11.2. The average Bonchev–Trinajstić information content (AvgIpc) is 3.08. The Morgan fingerprint density at radius 2 is 1.91 bits per heavy atom. The predicted octanol–water partition coefficient (Wildman–Crippen LogP) is 1.35. The fourth-order valence-electron chi connectivity index (χ4n) is 2.53. The van der Waals surface area contributed by atoms with Gasteiger partial charge in [0.15, 0.2) is 6.04 Å². The van der Waals surface area contributed by atoms with Crippen molar-refractivity contribution in [2.75, 3.05) is 13.6 Å². The lowest BCUT2D eigenvalue weighted by Gasteiger charge is -2.26. The third-order valence-electron chi connectivity index (χ3n) is 3.70. The largest absolute Gasteiger partial charge is 0.341 e. The van der Waals surface area contributed by atoms with Gasteiger partial charge in [0.25, 0.3) is 5.91 Å². The maximum atomic E-state index is 12.7. The molecule has 2 aromatic rings. The first-order valence-corrected chi connectivity index (χ1v) is 8.48. The summed E-state index contributed by atoms with van der Waals surface area (Å²) < 4.78 is 0. The molecule has 0 aliphatic heterocycles. The van der Waals surface area contributed by atoms with Crippen LogP contribution in [0, 0.1) is 0 Å². The van der Waals surface area contributed by atoms with Crippen molar-refractivity contribution in [3.8, 4) is 0 Å². The first-order valence-electron chi connectivity index (χ1n) is 7.60. The molecule has 6 heteroatoms. The smallest absolute Gasteiger partial charge is 0.321 e. The number of urea groups is 1. The highest BCUT2D eigenvalue weighted by Crippen LogP contribution is 2.12. The molecule has 0 fully saturated rings. The molecule has 2 atom stereocenters. The summed E-state index contributed by atoms with van der Waals surface area (Å²) in [6.07, 6.45) is 0. The quantitative estimate of drug-likeness (QED) is 0.748. The van der Waals surface area contributed by atoms with E-state index in [1.54, 1.807) is 11.3 Å². The maximum absolute atomic E-state index is 12.7. The Labute approximate surface area is 140 Å². The van der Waals surface area contributed by atoms with Crippen molar-refractivity contribution in [3.05, 3.63) is 58.3 Å². The Balaban J connectivity index is 2.27. The Morgan fingerprint density at radius 1 is 1.17 bits per heavy atom. The number of hydrogen-bond donors (Lipinski definition) is 3. The predicted molar refractivity (Wildman–Crippen MR) is 91.3 cm³/mol. The molecule has 1 unspecified atom stereocenters. The third kappa shape index (κ3) is 4.64. The molecule has 0 aliphatic carbocycles. The van der Waals surface area contributed by atoms with Crippen LogP contribution in [0.1, 0.15) is 23.4 Å². The fourth-order valence-corrected chi connectivity index (χ4v) is 3.29. The van der Waals surface area contributed by atoms with Gasteiger partial charge in [-0.25, -0.2) is 4.79 Å². The van der Waals surface area contributed by atoms with Crippen LogP contribution < -0.4 is 15.5 Å². The summed E-state index contributed by atoms with van der Waals surface area (Å²) in [6.45, 7) is 3.57. The van der Waals surface area contributed by atoms with E-state index in [9.17, 15) is 9.59 Å². The number of hydrogen-bond acceptors (Lipinski definition) is 3. The summed E-state index contributed by atoms with van der Waals surface area (Å²) in [6, 6.07) is 12.8. The van der Waals surface area contributed by atoms with E-state index < -0.39 is 12.1 Å². The normalized spacial score (nSPS) is 13.1. The fraction of sp³-hybridized carbons (Fsp3) is 0.294. The highest BCUT2D eigenvalue weighted by atomic mass is 32.1. The summed E-state index contributed by atoms with van der Waals surface area (Å²) in [5, 5.41) is 6.88. The minimum Gasteiger partial charge on any atom is -0.341 e. The maximum Gasteiger partial charge on any atom is 0.321 e. The molecule has 0 aliphatic rings. The van der Waals surface area contributed by atoms with Gasteiger partial charge in [0.1, 0.15) is 6.54 Å². The summed E-state index contributed by atoms with van der Waals surface area (Å²) in [4.78, 5) is 26.5. The van der Waals surface area contributed by atoms with Gasteiger partial charge in [-0.05, 0) is 18.4 Å². The van der Waals surface area contributed by atoms with Crippen molar-refractivity contribution in [1.29, 1.82) is 0 Å². The van der Waals surface area contributed by atoms with E-state index in [0.29, 0.717) is 0 Å². The number of likely N-dealkylation sites (N-methyl/N-ethyl adjacent to an activating group) is 1. The summed E-state index contributed by atoms with van der Waals surface area (Å²) >= 11 is 1.68. The van der Waals surface area contributed by atoms with Gasteiger partial charge in [0, 0.05) is 12.6 Å². The second kappa shape index (κ2) is 8.45. The van der Waals surface area contributed by atoms with Crippen LogP contribution in [-0.2, 0) is 11.3 Å². The third-order valence-corrected chi connectivity index (χ3v) is 4.58. The lowest BCUT2D eigenvalue weighted by atomic mass is 10.0. The molecule has 3 N–H and O–H groups in total. The number of carbonyl (C=O) groups excluding carboxylic acids is 2. The van der Waals surface area contributed by atoms with Crippen LogP contribution in [0.5, 0.6) is 0 Å². The highest BCUT2D eigenvalue weighted by molar-refractivity contribution is 7.09. The number of benzene rings is 1. The molecule has 1 aromatic carbocycles. The molecule has 1 aromatic heterocycles. The topological polar surface area (TPSA) is 62.6 Å². The highest BCUT2D eigenvalue weighted by Gasteiger charge is 2.31. The molecule has 3 amide bonds. The van der Waals surface area contributed by atoms with Gasteiger partial charge in [0.2, 0.25) is 0 Å². The lowest BCUT2D eigenvalue weighted by Crippen LogP contribution is -3.12. The molecule has 2 rings (SSSR count). The Hall–Kier alpha value is -2.18. The van der Waals surface area contributed by atoms with E-state index >= 15 is 0 Å². The Bertz CT molecular complexity index is 629. The zero-order chi connectivity index (χ0) is 16.7. The van der Waals surface area contributed by atoms with Gasteiger partial charge < -0.3 is 10.2 Å². The van der Waals surface area contributed by atoms with Gasteiger partial charge in [0.05, 0.1) is 11.4 Å². The molecule has 0 spiro atoms. The second-order valence-corrected chi connectivity index (χ2v) is 6.21. The van der Waals surface area contributed by atoms with Gasteiger partial charge in [-0.1, -0.05) is 36.4 Å². The van der Waals surface area contributed by atoms with E-state index in [1.165, 1.54) is 11.9 Å². The molecular weight excluding hydrogens is 310 g/mol. The molecule has 1 heterocycles.